The van der Waals surface area contributed by atoms with Gasteiger partial charge in [0, 0.05) is 24.0 Å². The third kappa shape index (κ3) is 15.8. The van der Waals surface area contributed by atoms with E-state index in [1.807, 2.05) is 24.3 Å². The van der Waals surface area contributed by atoms with Crippen molar-refractivity contribution in [1.29, 1.82) is 10.8 Å². The molecule has 0 unspecified atom stereocenters. The van der Waals surface area contributed by atoms with Gasteiger partial charge in [-0.05, 0) is 80.6 Å². The number of rotatable bonds is 18. The third-order valence-electron chi connectivity index (χ3n) is 5.44. The number of nitrogen functional groups attached to an aromatic ring is 2. The number of nitrogens with two attached hydrogens (primary N) is 2. The van der Waals surface area contributed by atoms with Crippen molar-refractivity contribution in [3.63, 3.8) is 0 Å². The lowest BCUT2D eigenvalue weighted by Crippen LogP contribution is -2.10. The van der Waals surface area contributed by atoms with Crippen molar-refractivity contribution in [2.24, 2.45) is 11.5 Å². The Morgan fingerprint density at radius 3 is 1.21 bits per heavy atom. The van der Waals surface area contributed by atoms with Gasteiger partial charge in [-0.25, -0.2) is 0 Å². The summed E-state index contributed by atoms with van der Waals surface area (Å²) < 4.78 is 11.3. The molecule has 10 heteroatoms. The molecule has 0 aliphatic heterocycles. The topological polar surface area (TPSA) is 193 Å². The summed E-state index contributed by atoms with van der Waals surface area (Å²) in [6, 6.07) is 14.4. The van der Waals surface area contributed by atoms with Crippen LogP contribution >= 0.6 is 0 Å². The van der Waals surface area contributed by atoms with E-state index in [-0.39, 0.29) is 24.5 Å². The lowest BCUT2D eigenvalue weighted by molar-refractivity contribution is -0.138. The first-order valence-corrected chi connectivity index (χ1v) is 12.8. The van der Waals surface area contributed by atoms with Gasteiger partial charge < -0.3 is 31.2 Å². The minimum Gasteiger partial charge on any atom is -0.494 e. The summed E-state index contributed by atoms with van der Waals surface area (Å²) in [6.07, 6.45) is 7.43. The fraction of sp³-hybridized carbons (Fsp3) is 0.429. The fourth-order valence-electron chi connectivity index (χ4n) is 3.31. The summed E-state index contributed by atoms with van der Waals surface area (Å²) in [5.41, 5.74) is 12.2. The molecule has 0 atom stereocenters. The Kier molecular flexibility index (Phi) is 16.0. The molecule has 208 valence electrons. The third-order valence-corrected chi connectivity index (χ3v) is 5.44. The fourth-order valence-corrected chi connectivity index (χ4v) is 3.31. The van der Waals surface area contributed by atoms with Gasteiger partial charge in [-0.2, -0.15) is 0 Å². The molecule has 38 heavy (non-hydrogen) atoms. The maximum atomic E-state index is 10.1. The van der Waals surface area contributed by atoms with Crippen LogP contribution in [0.1, 0.15) is 75.3 Å². The lowest BCUT2D eigenvalue weighted by atomic mass is 10.1. The number of benzene rings is 2. The number of ether oxygens (including phenoxy) is 2. The second-order valence-corrected chi connectivity index (χ2v) is 8.69. The van der Waals surface area contributed by atoms with Crippen molar-refractivity contribution < 1.29 is 29.3 Å². The first-order valence-electron chi connectivity index (χ1n) is 12.8. The molecule has 0 aromatic heterocycles. The number of amidine groups is 2. The molecule has 0 saturated heterocycles. The average Bonchev–Trinajstić information content (AvgIpc) is 2.88. The van der Waals surface area contributed by atoms with E-state index in [2.05, 4.69) is 0 Å². The maximum Gasteiger partial charge on any atom is 0.303 e. The van der Waals surface area contributed by atoms with Gasteiger partial charge in [0.05, 0.1) is 13.2 Å². The highest BCUT2D eigenvalue weighted by Gasteiger charge is 2.00. The van der Waals surface area contributed by atoms with Gasteiger partial charge in [0.1, 0.15) is 23.2 Å². The number of aliphatic carboxylic acids is 2. The monoisotopic (exact) mass is 528 g/mol. The Morgan fingerprint density at radius 1 is 0.579 bits per heavy atom. The van der Waals surface area contributed by atoms with Crippen LogP contribution in [0.25, 0.3) is 0 Å². The molecule has 0 saturated carbocycles. The van der Waals surface area contributed by atoms with Crippen LogP contribution in [0.3, 0.4) is 0 Å². The molecule has 0 radical (unpaired) electrons. The highest BCUT2D eigenvalue weighted by molar-refractivity contribution is 5.95. The van der Waals surface area contributed by atoms with E-state index >= 15 is 0 Å². The molecule has 8 N–H and O–H groups in total. The largest absolute Gasteiger partial charge is 0.494 e. The Balaban J connectivity index is 0.000000471. The summed E-state index contributed by atoms with van der Waals surface area (Å²) in [6.45, 7) is 1.29. The normalized spacial score (nSPS) is 10.1. The average molecular weight is 529 g/mol. The molecule has 2 aromatic rings. The van der Waals surface area contributed by atoms with Gasteiger partial charge in [0.15, 0.2) is 0 Å². The van der Waals surface area contributed by atoms with Crippen LogP contribution < -0.4 is 20.9 Å². The van der Waals surface area contributed by atoms with Crippen molar-refractivity contribution >= 4 is 23.6 Å². The summed E-state index contributed by atoms with van der Waals surface area (Å²) >= 11 is 0. The van der Waals surface area contributed by atoms with Crippen molar-refractivity contribution in [2.45, 2.75) is 64.2 Å². The second-order valence-electron chi connectivity index (χ2n) is 8.69. The molecule has 10 nitrogen and oxygen atoms in total. The molecule has 0 bridgehead atoms. The minimum atomic E-state index is -0.759. The number of hydrogen-bond acceptors (Lipinski definition) is 6. The van der Waals surface area contributed by atoms with Gasteiger partial charge in [0.2, 0.25) is 0 Å². The molecular weight excluding hydrogens is 488 g/mol. The SMILES string of the molecule is N=C(N)c1ccc(OCCCCCOc2ccc(C(=N)N)cc2)cc1.O=C(O)CCCCCCCC(=O)O. The summed E-state index contributed by atoms with van der Waals surface area (Å²) in [7, 11) is 0. The Hall–Kier alpha value is -4.08. The Labute approximate surface area is 224 Å². The number of carboxylic acids is 2. The molecular formula is C28H40N4O6. The van der Waals surface area contributed by atoms with Crippen molar-refractivity contribution in [2.75, 3.05) is 13.2 Å². The molecule has 0 spiro atoms. The number of hydrogen-bond donors (Lipinski definition) is 6. The van der Waals surface area contributed by atoms with Gasteiger partial charge in [-0.15, -0.1) is 0 Å². The van der Waals surface area contributed by atoms with Crippen LogP contribution in [0, 0.1) is 10.8 Å². The smallest absolute Gasteiger partial charge is 0.303 e. The van der Waals surface area contributed by atoms with Gasteiger partial charge in [-0.1, -0.05) is 19.3 Å². The second kappa shape index (κ2) is 19.1. The molecule has 0 aliphatic carbocycles. The molecule has 0 aliphatic rings. The zero-order chi connectivity index (χ0) is 28.2. The van der Waals surface area contributed by atoms with Gasteiger partial charge >= 0.3 is 11.9 Å². The predicted molar refractivity (Wildman–Crippen MR) is 147 cm³/mol. The Bertz CT molecular complexity index is 914. The van der Waals surface area contributed by atoms with Crippen molar-refractivity contribution in [3.8, 4) is 11.5 Å². The van der Waals surface area contributed by atoms with Crippen LogP contribution in [0.15, 0.2) is 48.5 Å². The molecule has 2 rings (SSSR count). The number of carboxylic acid groups (broad SMARTS) is 2. The molecule has 0 heterocycles. The Morgan fingerprint density at radius 2 is 0.895 bits per heavy atom. The van der Waals surface area contributed by atoms with E-state index in [4.69, 9.17) is 42.0 Å². The van der Waals surface area contributed by atoms with E-state index in [0.29, 0.717) is 37.2 Å². The summed E-state index contributed by atoms with van der Waals surface area (Å²) in [4.78, 5) is 20.2. The number of carbonyl (C=O) groups is 2. The van der Waals surface area contributed by atoms with E-state index < -0.39 is 11.9 Å². The summed E-state index contributed by atoms with van der Waals surface area (Å²) in [5, 5.41) is 31.3. The van der Waals surface area contributed by atoms with Crippen LogP contribution in [0.5, 0.6) is 11.5 Å². The van der Waals surface area contributed by atoms with Crippen LogP contribution in [0.2, 0.25) is 0 Å². The quantitative estimate of drug-likeness (QED) is 0.0904. The minimum absolute atomic E-state index is 0.0579. The number of unbranched alkanes of at least 4 members (excludes halogenated alkanes) is 6. The zero-order valence-corrected chi connectivity index (χ0v) is 21.8. The summed E-state index contributed by atoms with van der Waals surface area (Å²) in [5.74, 6) is 0.166. The molecule has 0 amide bonds. The lowest BCUT2D eigenvalue weighted by Gasteiger charge is -2.08. The van der Waals surface area contributed by atoms with E-state index in [9.17, 15) is 9.59 Å². The highest BCUT2D eigenvalue weighted by Crippen LogP contribution is 2.14. The van der Waals surface area contributed by atoms with Gasteiger partial charge in [-0.3, -0.25) is 20.4 Å². The van der Waals surface area contributed by atoms with Gasteiger partial charge in [0.25, 0.3) is 0 Å². The first-order chi connectivity index (χ1) is 18.2. The number of nitrogens with one attached hydrogen (secondary N) is 2. The first kappa shape index (κ1) is 31.9. The van der Waals surface area contributed by atoms with E-state index in [0.717, 1.165) is 50.0 Å². The highest BCUT2D eigenvalue weighted by atomic mass is 16.5. The molecule has 0 fully saturated rings. The van der Waals surface area contributed by atoms with Crippen molar-refractivity contribution in [1.82, 2.24) is 0 Å². The predicted octanol–water partition coefficient (Wildman–Crippen LogP) is 4.77. The maximum absolute atomic E-state index is 10.1. The van der Waals surface area contributed by atoms with Crippen LogP contribution in [0.4, 0.5) is 0 Å². The van der Waals surface area contributed by atoms with E-state index in [1.165, 1.54) is 0 Å². The van der Waals surface area contributed by atoms with Crippen molar-refractivity contribution in [3.05, 3.63) is 59.7 Å². The van der Waals surface area contributed by atoms with Crippen LogP contribution in [-0.4, -0.2) is 47.0 Å². The molecule has 2 aromatic carbocycles. The van der Waals surface area contributed by atoms with E-state index in [1.54, 1.807) is 24.3 Å². The standard InChI is InChI=1S/C19H24N4O2.C9H16O4/c20-18(21)14-4-8-16(9-5-14)24-12-2-1-3-13-25-17-10-6-15(7-11-17)19(22)23;10-8(11)6-4-2-1-3-5-7-9(12)13/h4-11H,1-3,12-13H2,(H3,20,21)(H3,22,23);1-7H2,(H,10,11)(H,12,13). The van der Waals surface area contributed by atoms with Crippen LogP contribution in [-0.2, 0) is 9.59 Å². The zero-order valence-electron chi connectivity index (χ0n) is 21.8.